The van der Waals surface area contributed by atoms with Crippen LogP contribution in [0.2, 0.25) is 4.34 Å². The van der Waals surface area contributed by atoms with Gasteiger partial charge in [-0.25, -0.2) is 13.1 Å². The van der Waals surface area contributed by atoms with Crippen LogP contribution in [0.3, 0.4) is 0 Å². The maximum Gasteiger partial charge on any atom is 0.264 e. The van der Waals surface area contributed by atoms with Crippen molar-refractivity contribution in [2.75, 3.05) is 6.54 Å². The van der Waals surface area contributed by atoms with Crippen LogP contribution in [0.1, 0.15) is 22.5 Å². The largest absolute Gasteiger partial charge is 0.335 e. The fourth-order valence-electron chi connectivity index (χ4n) is 3.69. The molecule has 0 unspecified atom stereocenters. The van der Waals surface area contributed by atoms with Gasteiger partial charge in [0.05, 0.1) is 9.21 Å². The smallest absolute Gasteiger partial charge is 0.264 e. The molecule has 9 heteroatoms. The van der Waals surface area contributed by atoms with Crippen molar-refractivity contribution in [1.29, 1.82) is 0 Å². The zero-order chi connectivity index (χ0) is 17.6. The van der Waals surface area contributed by atoms with Crippen molar-refractivity contribution in [2.45, 2.75) is 29.8 Å². The summed E-state index contributed by atoms with van der Waals surface area (Å²) in [4.78, 5) is 19.1. The Bertz CT molecular complexity index is 900. The number of aromatic nitrogens is 1. The fraction of sp³-hybridized carbons (Fsp3) is 0.375. The van der Waals surface area contributed by atoms with Crippen molar-refractivity contribution in [1.82, 2.24) is 14.6 Å². The summed E-state index contributed by atoms with van der Waals surface area (Å²) in [6, 6.07) is 6.51. The van der Waals surface area contributed by atoms with Gasteiger partial charge in [-0.05, 0) is 43.0 Å². The number of hydrogen-bond donors (Lipinski definition) is 1. The topological polar surface area (TPSA) is 79.4 Å². The zero-order valence-electron chi connectivity index (χ0n) is 13.1. The van der Waals surface area contributed by atoms with Gasteiger partial charge in [0.1, 0.15) is 4.90 Å². The number of rotatable bonds is 4. The van der Waals surface area contributed by atoms with Crippen LogP contribution in [0.15, 0.2) is 41.6 Å². The van der Waals surface area contributed by atoms with E-state index in [1.54, 1.807) is 18.2 Å². The van der Waals surface area contributed by atoms with Crippen molar-refractivity contribution in [3.05, 3.63) is 45.9 Å². The second-order valence-corrected chi connectivity index (χ2v) is 9.79. The van der Waals surface area contributed by atoms with Crippen LogP contribution in [0, 0.1) is 5.92 Å². The van der Waals surface area contributed by atoms with E-state index < -0.39 is 10.0 Å². The van der Waals surface area contributed by atoms with E-state index in [1.807, 2.05) is 4.90 Å². The molecule has 1 saturated carbocycles. The number of nitrogens with zero attached hydrogens (tertiary/aromatic N) is 2. The average Bonchev–Trinajstić information content (AvgIpc) is 3.30. The Hall–Kier alpha value is -1.48. The predicted molar refractivity (Wildman–Crippen MR) is 95.2 cm³/mol. The second kappa shape index (κ2) is 6.35. The predicted octanol–water partition coefficient (Wildman–Crippen LogP) is 2.38. The molecule has 1 aliphatic carbocycles. The van der Waals surface area contributed by atoms with Gasteiger partial charge in [-0.1, -0.05) is 11.6 Å². The minimum atomic E-state index is -3.58. The molecule has 3 heterocycles. The molecule has 132 valence electrons. The first-order valence-electron chi connectivity index (χ1n) is 7.93. The van der Waals surface area contributed by atoms with E-state index in [9.17, 15) is 13.2 Å². The molecule has 0 radical (unpaired) electrons. The third kappa shape index (κ3) is 3.19. The van der Waals surface area contributed by atoms with Crippen LogP contribution >= 0.6 is 22.9 Å². The van der Waals surface area contributed by atoms with Crippen LogP contribution < -0.4 is 4.72 Å². The molecule has 3 atom stereocenters. The lowest BCUT2D eigenvalue weighted by Gasteiger charge is -2.31. The van der Waals surface area contributed by atoms with E-state index in [0.29, 0.717) is 22.2 Å². The van der Waals surface area contributed by atoms with Gasteiger partial charge in [-0.15, -0.1) is 11.3 Å². The first kappa shape index (κ1) is 17.0. The first-order chi connectivity index (χ1) is 11.9. The van der Waals surface area contributed by atoms with Crippen LogP contribution in [0.25, 0.3) is 0 Å². The highest BCUT2D eigenvalue weighted by Crippen LogP contribution is 2.39. The van der Waals surface area contributed by atoms with Gasteiger partial charge in [0, 0.05) is 31.0 Å². The van der Waals surface area contributed by atoms with Crippen molar-refractivity contribution in [2.24, 2.45) is 5.92 Å². The van der Waals surface area contributed by atoms with Crippen molar-refractivity contribution < 1.29 is 13.2 Å². The number of pyridine rings is 1. The standard InChI is InChI=1S/C16H16ClN3O3S2/c17-15-4-3-14(24-15)16(21)20-9-10-6-11(20)7-13(10)19-25(22,23)12-2-1-5-18-8-12/h1-5,8,10-11,13,19H,6-7,9H2/t10-,11-,13-/m0/s1. The van der Waals surface area contributed by atoms with Gasteiger partial charge >= 0.3 is 0 Å². The number of carbonyl (C=O) groups excluding carboxylic acids is 1. The Balaban J connectivity index is 1.44. The summed E-state index contributed by atoms with van der Waals surface area (Å²) in [5.74, 6) is 0.119. The van der Waals surface area contributed by atoms with Crippen molar-refractivity contribution in [3.8, 4) is 0 Å². The van der Waals surface area contributed by atoms with Crippen LogP contribution in [-0.2, 0) is 10.0 Å². The quantitative estimate of drug-likeness (QED) is 0.859. The van der Waals surface area contributed by atoms with Gasteiger partial charge in [0.2, 0.25) is 10.0 Å². The number of halogens is 1. The molecule has 2 bridgehead atoms. The van der Waals surface area contributed by atoms with Gasteiger partial charge in [0.15, 0.2) is 0 Å². The molecule has 1 amide bonds. The number of carbonyl (C=O) groups is 1. The molecule has 1 saturated heterocycles. The average molecular weight is 398 g/mol. The summed E-state index contributed by atoms with van der Waals surface area (Å²) in [5, 5.41) is 0. The molecule has 0 aromatic carbocycles. The normalized spacial score (nSPS) is 25.5. The lowest BCUT2D eigenvalue weighted by molar-refractivity contribution is 0.0696. The number of sulfonamides is 1. The van der Waals surface area contributed by atoms with Crippen LogP contribution in [-0.4, -0.2) is 42.8 Å². The summed E-state index contributed by atoms with van der Waals surface area (Å²) in [6.07, 6.45) is 4.34. The Morgan fingerprint density at radius 1 is 1.32 bits per heavy atom. The summed E-state index contributed by atoms with van der Waals surface area (Å²) in [6.45, 7) is 0.569. The summed E-state index contributed by atoms with van der Waals surface area (Å²) >= 11 is 7.18. The number of fused-ring (bicyclic) bond motifs is 2. The minimum absolute atomic E-state index is 0.0158. The number of amides is 1. The highest BCUT2D eigenvalue weighted by atomic mass is 35.5. The summed E-state index contributed by atoms with van der Waals surface area (Å²) < 4.78 is 28.3. The molecule has 25 heavy (non-hydrogen) atoms. The molecule has 2 aromatic rings. The van der Waals surface area contributed by atoms with E-state index in [0.717, 1.165) is 6.42 Å². The first-order valence-corrected chi connectivity index (χ1v) is 10.6. The minimum Gasteiger partial charge on any atom is -0.335 e. The molecule has 2 aliphatic rings. The lowest BCUT2D eigenvalue weighted by atomic mass is 10.0. The Morgan fingerprint density at radius 3 is 2.76 bits per heavy atom. The molecule has 1 N–H and O–H groups in total. The van der Waals surface area contributed by atoms with Gasteiger partial charge in [0.25, 0.3) is 5.91 Å². The highest BCUT2D eigenvalue weighted by Gasteiger charge is 2.47. The maximum atomic E-state index is 12.6. The monoisotopic (exact) mass is 397 g/mol. The van der Waals surface area contributed by atoms with E-state index in [4.69, 9.17) is 11.6 Å². The fourth-order valence-corrected chi connectivity index (χ4v) is 5.97. The SMILES string of the molecule is O=C(c1ccc(Cl)s1)N1C[C@@H]2C[C@H]1C[C@@H]2NS(=O)(=O)c1cccnc1. The molecular weight excluding hydrogens is 382 g/mol. The lowest BCUT2D eigenvalue weighted by Crippen LogP contribution is -2.47. The molecule has 0 spiro atoms. The van der Waals surface area contributed by atoms with Gasteiger partial charge < -0.3 is 4.90 Å². The highest BCUT2D eigenvalue weighted by molar-refractivity contribution is 7.89. The van der Waals surface area contributed by atoms with Crippen LogP contribution in [0.5, 0.6) is 0 Å². The van der Waals surface area contributed by atoms with Gasteiger partial charge in [-0.3, -0.25) is 9.78 Å². The number of likely N-dealkylation sites (tertiary alicyclic amines) is 1. The molecule has 1 aliphatic heterocycles. The van der Waals surface area contributed by atoms with E-state index in [-0.39, 0.29) is 28.8 Å². The zero-order valence-corrected chi connectivity index (χ0v) is 15.5. The van der Waals surface area contributed by atoms with E-state index >= 15 is 0 Å². The van der Waals surface area contributed by atoms with Crippen molar-refractivity contribution >= 4 is 38.9 Å². The van der Waals surface area contributed by atoms with E-state index in [1.165, 1.54) is 29.8 Å². The Morgan fingerprint density at radius 2 is 2.16 bits per heavy atom. The maximum absolute atomic E-state index is 12.6. The van der Waals surface area contributed by atoms with Crippen LogP contribution in [0.4, 0.5) is 0 Å². The third-order valence-electron chi connectivity index (χ3n) is 4.84. The van der Waals surface area contributed by atoms with Crippen molar-refractivity contribution in [3.63, 3.8) is 0 Å². The molecular formula is C16H16ClN3O3S2. The molecule has 2 fully saturated rings. The number of thiophene rings is 1. The second-order valence-electron chi connectivity index (χ2n) is 6.36. The summed E-state index contributed by atoms with van der Waals surface area (Å²) in [7, 11) is -3.58. The molecule has 6 nitrogen and oxygen atoms in total. The number of piperidine rings is 1. The molecule has 4 rings (SSSR count). The molecule has 2 aromatic heterocycles. The summed E-state index contributed by atoms with van der Waals surface area (Å²) in [5.41, 5.74) is 0. The number of hydrogen-bond acceptors (Lipinski definition) is 5. The third-order valence-corrected chi connectivity index (χ3v) is 7.53. The van der Waals surface area contributed by atoms with Gasteiger partial charge in [-0.2, -0.15) is 0 Å². The van der Waals surface area contributed by atoms with E-state index in [2.05, 4.69) is 9.71 Å². The Labute approximate surface area is 154 Å². The number of nitrogens with one attached hydrogen (secondary N) is 1. The Kier molecular flexibility index (Phi) is 4.31.